The van der Waals surface area contributed by atoms with E-state index < -0.39 is 21.3 Å². The molecule has 0 unspecified atom stereocenters. The number of carbonyl (C=O) groups is 1. The van der Waals surface area contributed by atoms with Crippen LogP contribution in [0.25, 0.3) is 10.9 Å². The normalized spacial score (nSPS) is 16.0. The van der Waals surface area contributed by atoms with Gasteiger partial charge in [-0.1, -0.05) is 6.92 Å². The van der Waals surface area contributed by atoms with Crippen molar-refractivity contribution in [2.24, 2.45) is 20.0 Å². The number of hydrogen-bond donors (Lipinski definition) is 0. The summed E-state index contributed by atoms with van der Waals surface area (Å²) in [6.07, 6.45) is 1.82. The van der Waals surface area contributed by atoms with Crippen LogP contribution in [0.3, 0.4) is 0 Å². The van der Waals surface area contributed by atoms with Crippen LogP contribution >= 0.6 is 0 Å². The van der Waals surface area contributed by atoms with Crippen LogP contribution in [0.4, 0.5) is 0 Å². The van der Waals surface area contributed by atoms with Crippen molar-refractivity contribution in [3.8, 4) is 0 Å². The molecule has 0 spiro atoms. The Morgan fingerprint density at radius 3 is 2.38 bits per heavy atom. The number of rotatable bonds is 4. The maximum Gasteiger partial charge on any atom is 0.330 e. The van der Waals surface area contributed by atoms with E-state index >= 15 is 0 Å². The van der Waals surface area contributed by atoms with E-state index in [1.807, 2.05) is 0 Å². The zero-order valence-corrected chi connectivity index (χ0v) is 17.9. The van der Waals surface area contributed by atoms with Crippen molar-refractivity contribution >= 4 is 26.8 Å². The lowest BCUT2D eigenvalue weighted by Crippen LogP contribution is -2.44. The summed E-state index contributed by atoms with van der Waals surface area (Å²) in [4.78, 5) is 38.6. The van der Waals surface area contributed by atoms with Gasteiger partial charge in [0, 0.05) is 34.2 Å². The van der Waals surface area contributed by atoms with Crippen LogP contribution in [-0.2, 0) is 28.9 Å². The van der Waals surface area contributed by atoms with E-state index in [1.165, 1.54) is 43.9 Å². The lowest BCUT2D eigenvalue weighted by molar-refractivity contribution is -0.132. The van der Waals surface area contributed by atoms with Gasteiger partial charge < -0.3 is 4.90 Å². The number of likely N-dealkylation sites (tertiary alicyclic amines) is 1. The maximum absolute atomic E-state index is 13.0. The molecule has 10 heteroatoms. The van der Waals surface area contributed by atoms with Gasteiger partial charge in [0.15, 0.2) is 0 Å². The second kappa shape index (κ2) is 7.75. The summed E-state index contributed by atoms with van der Waals surface area (Å²) in [6.45, 7) is 3.14. The first-order chi connectivity index (χ1) is 13.5. The number of sulfonamides is 1. The highest BCUT2D eigenvalue weighted by molar-refractivity contribution is 7.89. The van der Waals surface area contributed by atoms with Crippen molar-refractivity contribution in [1.82, 2.24) is 18.3 Å². The van der Waals surface area contributed by atoms with Gasteiger partial charge >= 0.3 is 5.69 Å². The van der Waals surface area contributed by atoms with Crippen molar-refractivity contribution < 1.29 is 13.2 Å². The van der Waals surface area contributed by atoms with Crippen LogP contribution in [-0.4, -0.2) is 59.3 Å². The van der Waals surface area contributed by atoms with Gasteiger partial charge in [0.05, 0.1) is 22.3 Å². The topological polar surface area (TPSA) is 102 Å². The third-order valence-electron chi connectivity index (χ3n) is 5.64. The summed E-state index contributed by atoms with van der Waals surface area (Å²) < 4.78 is 29.2. The molecule has 1 aliphatic heterocycles. The third kappa shape index (κ3) is 3.86. The number of aryl methyl sites for hydroxylation is 1. The maximum atomic E-state index is 13.0. The molecule has 0 radical (unpaired) electrons. The molecule has 1 fully saturated rings. The first-order valence-electron chi connectivity index (χ1n) is 9.48. The van der Waals surface area contributed by atoms with E-state index in [2.05, 4.69) is 6.92 Å². The third-order valence-corrected chi connectivity index (χ3v) is 7.44. The van der Waals surface area contributed by atoms with Crippen LogP contribution in [0.5, 0.6) is 0 Å². The number of hydrogen-bond acceptors (Lipinski definition) is 5. The van der Waals surface area contributed by atoms with E-state index in [9.17, 15) is 22.8 Å². The largest absolute Gasteiger partial charge is 0.342 e. The highest BCUT2D eigenvalue weighted by atomic mass is 32.2. The summed E-state index contributed by atoms with van der Waals surface area (Å²) in [5.41, 5.74) is -0.712. The van der Waals surface area contributed by atoms with Gasteiger partial charge in [-0.05, 0) is 37.0 Å². The number of likely N-dealkylation sites (N-methyl/N-ethyl adjacent to an activating group) is 1. The second-order valence-electron chi connectivity index (χ2n) is 7.71. The molecular formula is C19H26N4O5S. The molecule has 1 amide bonds. The van der Waals surface area contributed by atoms with Crippen LogP contribution in [0.1, 0.15) is 19.8 Å². The molecule has 0 aliphatic carbocycles. The fourth-order valence-corrected chi connectivity index (χ4v) is 4.70. The summed E-state index contributed by atoms with van der Waals surface area (Å²) >= 11 is 0. The Morgan fingerprint density at radius 2 is 1.76 bits per heavy atom. The minimum atomic E-state index is -3.98. The quantitative estimate of drug-likeness (QED) is 0.696. The minimum Gasteiger partial charge on any atom is -0.342 e. The minimum absolute atomic E-state index is 0.0942. The molecule has 0 N–H and O–H groups in total. The van der Waals surface area contributed by atoms with Gasteiger partial charge in [-0.2, -0.15) is 4.31 Å². The molecule has 9 nitrogen and oxygen atoms in total. The summed E-state index contributed by atoms with van der Waals surface area (Å²) in [7, 11) is 0.232. The summed E-state index contributed by atoms with van der Waals surface area (Å²) in [5.74, 6) is 0.332. The summed E-state index contributed by atoms with van der Waals surface area (Å²) in [6, 6.07) is 4.04. The van der Waals surface area contributed by atoms with E-state index in [-0.39, 0.29) is 22.7 Å². The fourth-order valence-electron chi connectivity index (χ4n) is 3.55. The Bertz CT molecular complexity index is 1170. The Hall–Kier alpha value is -2.46. The molecule has 158 valence electrons. The van der Waals surface area contributed by atoms with Crippen LogP contribution < -0.4 is 11.2 Å². The predicted octanol–water partition coefficient (Wildman–Crippen LogP) is 0.116. The summed E-state index contributed by atoms with van der Waals surface area (Å²) in [5, 5.41) is 0.125. The second-order valence-corrected chi connectivity index (χ2v) is 9.75. The molecule has 1 aromatic heterocycles. The Labute approximate surface area is 169 Å². The molecule has 29 heavy (non-hydrogen) atoms. The van der Waals surface area contributed by atoms with Crippen molar-refractivity contribution in [3.63, 3.8) is 0 Å². The average Bonchev–Trinajstić information content (AvgIpc) is 2.70. The predicted molar refractivity (Wildman–Crippen MR) is 109 cm³/mol. The van der Waals surface area contributed by atoms with Crippen molar-refractivity contribution in [2.45, 2.75) is 24.7 Å². The van der Waals surface area contributed by atoms with Gasteiger partial charge in [-0.15, -0.1) is 0 Å². The van der Waals surface area contributed by atoms with Gasteiger partial charge in [0.2, 0.25) is 15.9 Å². The average molecular weight is 423 g/mol. The van der Waals surface area contributed by atoms with Crippen LogP contribution in [0.15, 0.2) is 32.7 Å². The Kier molecular flexibility index (Phi) is 5.68. The number of benzene rings is 1. The lowest BCUT2D eigenvalue weighted by atomic mass is 9.99. The van der Waals surface area contributed by atoms with E-state index in [4.69, 9.17) is 0 Å². The van der Waals surface area contributed by atoms with E-state index in [0.29, 0.717) is 24.5 Å². The highest BCUT2D eigenvalue weighted by Gasteiger charge is 2.27. The highest BCUT2D eigenvalue weighted by Crippen LogP contribution is 2.20. The Morgan fingerprint density at radius 1 is 1.14 bits per heavy atom. The fraction of sp³-hybridized carbons (Fsp3) is 0.526. The molecule has 3 rings (SSSR count). The van der Waals surface area contributed by atoms with Crippen molar-refractivity contribution in [3.05, 3.63) is 39.0 Å². The van der Waals surface area contributed by atoms with Crippen molar-refractivity contribution in [1.29, 1.82) is 0 Å². The molecule has 0 saturated carbocycles. The monoisotopic (exact) mass is 422 g/mol. The van der Waals surface area contributed by atoms with E-state index in [0.717, 1.165) is 21.7 Å². The number of nitrogens with zero attached hydrogens (tertiary/aromatic N) is 4. The molecule has 2 heterocycles. The first kappa shape index (κ1) is 21.3. The molecule has 1 aliphatic rings. The first-order valence-corrected chi connectivity index (χ1v) is 10.9. The number of fused-ring (bicyclic) bond motifs is 1. The van der Waals surface area contributed by atoms with Gasteiger partial charge in [0.25, 0.3) is 5.56 Å². The lowest BCUT2D eigenvalue weighted by Gasteiger charge is -2.31. The van der Waals surface area contributed by atoms with Gasteiger partial charge in [0.1, 0.15) is 0 Å². The van der Waals surface area contributed by atoms with Crippen LogP contribution in [0.2, 0.25) is 0 Å². The van der Waals surface area contributed by atoms with E-state index in [1.54, 1.807) is 4.90 Å². The number of amides is 1. The number of piperidine rings is 1. The number of aromatic nitrogens is 2. The number of carbonyl (C=O) groups excluding carboxylic acids is 1. The zero-order valence-electron chi connectivity index (χ0n) is 17.1. The van der Waals surface area contributed by atoms with Crippen LogP contribution in [0, 0.1) is 5.92 Å². The smallest absolute Gasteiger partial charge is 0.330 e. The Balaban J connectivity index is 1.90. The standard InChI is InChI=1S/C19H26N4O5S/c1-13-7-9-23(10-8-13)17(24)12-20(2)29(27,28)14-5-6-16-15(11-14)18(25)22(4)19(26)21(16)3/h5-6,11,13H,7-10,12H2,1-4H3. The molecule has 0 atom stereocenters. The van der Waals surface area contributed by atoms with Gasteiger partial charge in [-0.3, -0.25) is 18.7 Å². The SMILES string of the molecule is CC1CCN(C(=O)CN(C)S(=O)(=O)c2ccc3c(c2)c(=O)n(C)c(=O)n3C)CC1. The van der Waals surface area contributed by atoms with Gasteiger partial charge in [-0.25, -0.2) is 13.2 Å². The molecule has 0 bridgehead atoms. The molecule has 1 aromatic carbocycles. The molecule has 2 aromatic rings. The molecule has 1 saturated heterocycles. The molecular weight excluding hydrogens is 396 g/mol. The zero-order chi connectivity index (χ0) is 21.5. The van der Waals surface area contributed by atoms with Crippen molar-refractivity contribution in [2.75, 3.05) is 26.7 Å².